The molecule has 0 radical (unpaired) electrons. The second kappa shape index (κ2) is 10.5. The predicted octanol–water partition coefficient (Wildman–Crippen LogP) is 0.527. The van der Waals surface area contributed by atoms with Crippen LogP contribution in [0.4, 0.5) is 0 Å². The summed E-state index contributed by atoms with van der Waals surface area (Å²) in [6.07, 6.45) is -5.69. The third-order valence-electron chi connectivity index (χ3n) is 4.99. The van der Waals surface area contributed by atoms with Crippen LogP contribution >= 0.6 is 0 Å². The van der Waals surface area contributed by atoms with Gasteiger partial charge in [-0.2, -0.15) is 0 Å². The van der Waals surface area contributed by atoms with E-state index < -0.39 is 72.6 Å². The van der Waals surface area contributed by atoms with Crippen molar-refractivity contribution in [2.24, 2.45) is 0 Å². The Morgan fingerprint density at radius 1 is 0.818 bits per heavy atom. The molecule has 11 heteroatoms. The number of rotatable bonds is 6. The molecule has 0 aromatic heterocycles. The number of ketones is 2. The summed E-state index contributed by atoms with van der Waals surface area (Å²) in [7, 11) is 0. The van der Waals surface area contributed by atoms with Crippen molar-refractivity contribution in [1.82, 2.24) is 0 Å². The molecule has 2 aliphatic rings. The lowest BCUT2D eigenvalue weighted by molar-refractivity contribution is -0.246. The van der Waals surface area contributed by atoms with Crippen LogP contribution in [0.15, 0.2) is 22.8 Å². The molecule has 0 unspecified atom stereocenters. The largest absolute Gasteiger partial charge is 0.463 e. The van der Waals surface area contributed by atoms with Gasteiger partial charge in [0.15, 0.2) is 29.9 Å². The van der Waals surface area contributed by atoms with Crippen LogP contribution in [0.1, 0.15) is 41.5 Å². The highest BCUT2D eigenvalue weighted by Gasteiger charge is 2.54. The summed E-state index contributed by atoms with van der Waals surface area (Å²) < 4.78 is 27.0. The molecule has 0 aromatic rings. The van der Waals surface area contributed by atoms with Crippen LogP contribution in [-0.2, 0) is 52.5 Å². The van der Waals surface area contributed by atoms with Crippen LogP contribution in [0.3, 0.4) is 0 Å². The van der Waals surface area contributed by atoms with E-state index in [1.165, 1.54) is 13.8 Å². The highest BCUT2D eigenvalue weighted by atomic mass is 16.7. The van der Waals surface area contributed by atoms with E-state index in [4.69, 9.17) is 23.7 Å². The summed E-state index contributed by atoms with van der Waals surface area (Å²) in [6, 6.07) is 0. The maximum atomic E-state index is 12.9. The molecule has 2 rings (SSSR count). The molecule has 33 heavy (non-hydrogen) atoms. The minimum Gasteiger partial charge on any atom is -0.463 e. The summed E-state index contributed by atoms with van der Waals surface area (Å²) in [5.74, 6) is -4.02. The fourth-order valence-corrected chi connectivity index (χ4v) is 3.76. The Labute approximate surface area is 190 Å². The molecular formula is C22H26O11. The second-order valence-corrected chi connectivity index (χ2v) is 7.68. The quantitative estimate of drug-likeness (QED) is 0.306. The van der Waals surface area contributed by atoms with Crippen LogP contribution in [0.5, 0.6) is 0 Å². The topological polar surface area (TPSA) is 149 Å². The molecule has 1 aliphatic heterocycles. The Kier molecular flexibility index (Phi) is 8.26. The Morgan fingerprint density at radius 2 is 1.33 bits per heavy atom. The molecule has 0 spiro atoms. The Morgan fingerprint density at radius 3 is 1.85 bits per heavy atom. The molecule has 0 N–H and O–H groups in total. The van der Waals surface area contributed by atoms with Crippen LogP contribution in [0.25, 0.3) is 0 Å². The van der Waals surface area contributed by atoms with Gasteiger partial charge in [-0.3, -0.25) is 28.8 Å². The normalized spacial score (nSPS) is 27.5. The highest BCUT2D eigenvalue weighted by molar-refractivity contribution is 6.22. The summed E-state index contributed by atoms with van der Waals surface area (Å²) in [5, 5.41) is 0. The average molecular weight is 466 g/mol. The number of esters is 4. The molecule has 0 bridgehead atoms. The van der Waals surface area contributed by atoms with Crippen molar-refractivity contribution in [3.8, 4) is 0 Å². The Bertz CT molecular complexity index is 942. The van der Waals surface area contributed by atoms with Gasteiger partial charge in [0.05, 0.1) is 0 Å². The fourth-order valence-electron chi connectivity index (χ4n) is 3.76. The van der Waals surface area contributed by atoms with Gasteiger partial charge < -0.3 is 23.7 Å². The standard InChI is InChI=1S/C22H26O11/c1-9-7-15(27)17(10(2)18(9)28)20-22(32-14(6)26)21(31-13(5)25)19(30-12(4)24)16(33-20)8-29-11(3)23/h7,16,19-22H,8H2,1-6H3/t16-,19-,20+,21+,22+/m1/s1. The number of carbonyl (C=O) groups is 6. The third-order valence-corrected chi connectivity index (χ3v) is 4.99. The lowest BCUT2D eigenvalue weighted by atomic mass is 9.82. The lowest BCUT2D eigenvalue weighted by Gasteiger charge is -2.45. The van der Waals surface area contributed by atoms with Gasteiger partial charge in [-0.05, 0) is 19.9 Å². The average Bonchev–Trinajstić information content (AvgIpc) is 2.68. The van der Waals surface area contributed by atoms with E-state index in [0.29, 0.717) is 0 Å². The van der Waals surface area contributed by atoms with Crippen LogP contribution < -0.4 is 0 Å². The summed E-state index contributed by atoms with van der Waals surface area (Å²) >= 11 is 0. The highest BCUT2D eigenvalue weighted by Crippen LogP contribution is 2.35. The van der Waals surface area contributed by atoms with E-state index in [0.717, 1.165) is 33.8 Å². The predicted molar refractivity (Wildman–Crippen MR) is 108 cm³/mol. The molecule has 0 saturated carbocycles. The zero-order valence-electron chi connectivity index (χ0n) is 19.2. The van der Waals surface area contributed by atoms with Crippen molar-refractivity contribution in [2.45, 2.75) is 72.1 Å². The summed E-state index contributed by atoms with van der Waals surface area (Å²) in [5.41, 5.74) is 0.163. The zero-order valence-corrected chi connectivity index (χ0v) is 19.2. The van der Waals surface area contributed by atoms with Gasteiger partial charge in [0.1, 0.15) is 18.8 Å². The van der Waals surface area contributed by atoms with Gasteiger partial charge in [0.2, 0.25) is 0 Å². The van der Waals surface area contributed by atoms with Crippen molar-refractivity contribution in [2.75, 3.05) is 6.61 Å². The zero-order chi connectivity index (χ0) is 25.0. The van der Waals surface area contributed by atoms with E-state index in [9.17, 15) is 28.8 Å². The molecule has 180 valence electrons. The van der Waals surface area contributed by atoms with Crippen molar-refractivity contribution >= 4 is 35.4 Å². The number of Topliss-reactive ketones (excluding diaryl/α,β-unsaturated/α-hetero) is 1. The van der Waals surface area contributed by atoms with Gasteiger partial charge in [-0.15, -0.1) is 0 Å². The van der Waals surface area contributed by atoms with Crippen molar-refractivity contribution < 1.29 is 52.5 Å². The fraction of sp³-hybridized carbons (Fsp3) is 0.545. The van der Waals surface area contributed by atoms with E-state index in [1.807, 2.05) is 0 Å². The number of hydrogen-bond acceptors (Lipinski definition) is 11. The van der Waals surface area contributed by atoms with Crippen LogP contribution in [-0.4, -0.2) is 72.6 Å². The van der Waals surface area contributed by atoms with Gasteiger partial charge in [-0.1, -0.05) is 0 Å². The minimum atomic E-state index is -1.45. The van der Waals surface area contributed by atoms with Crippen molar-refractivity contribution in [3.05, 3.63) is 22.8 Å². The monoisotopic (exact) mass is 466 g/mol. The lowest BCUT2D eigenvalue weighted by Crippen LogP contribution is -2.63. The van der Waals surface area contributed by atoms with E-state index >= 15 is 0 Å². The first-order chi connectivity index (χ1) is 15.3. The Hall–Kier alpha value is -3.34. The van der Waals surface area contributed by atoms with Crippen LogP contribution in [0.2, 0.25) is 0 Å². The van der Waals surface area contributed by atoms with Gasteiger partial charge in [0.25, 0.3) is 0 Å². The molecule has 0 amide bonds. The SMILES string of the molecule is CC(=O)OC[C@H]1O[C@@H](C2=C(C)C(=O)C(C)=CC2=O)[C@H](OC(C)=O)[C@@H](OC(C)=O)[C@@H]1OC(C)=O. The first-order valence-corrected chi connectivity index (χ1v) is 10.1. The van der Waals surface area contributed by atoms with Crippen molar-refractivity contribution in [3.63, 3.8) is 0 Å². The molecule has 5 atom stereocenters. The maximum absolute atomic E-state index is 12.9. The smallest absolute Gasteiger partial charge is 0.303 e. The molecule has 1 heterocycles. The summed E-state index contributed by atoms with van der Waals surface area (Å²) in [6.45, 7) is 6.89. The number of allylic oxidation sites excluding steroid dienone is 3. The number of ether oxygens (including phenoxy) is 5. The molecule has 11 nitrogen and oxygen atoms in total. The molecular weight excluding hydrogens is 440 g/mol. The van der Waals surface area contributed by atoms with Gasteiger partial charge >= 0.3 is 23.9 Å². The molecule has 1 aliphatic carbocycles. The summed E-state index contributed by atoms with van der Waals surface area (Å²) in [4.78, 5) is 72.4. The van der Waals surface area contributed by atoms with E-state index in [1.54, 1.807) is 0 Å². The number of hydrogen-bond donors (Lipinski definition) is 0. The van der Waals surface area contributed by atoms with Crippen LogP contribution in [0, 0.1) is 0 Å². The third kappa shape index (κ3) is 6.13. The second-order valence-electron chi connectivity index (χ2n) is 7.68. The van der Waals surface area contributed by atoms with Crippen molar-refractivity contribution in [1.29, 1.82) is 0 Å². The first kappa shape index (κ1) is 25.9. The number of carbonyl (C=O) groups excluding carboxylic acids is 6. The minimum absolute atomic E-state index is 0.0564. The molecule has 1 fully saturated rings. The maximum Gasteiger partial charge on any atom is 0.303 e. The Balaban J connectivity index is 2.65. The van der Waals surface area contributed by atoms with E-state index in [2.05, 4.69) is 0 Å². The van der Waals surface area contributed by atoms with Gasteiger partial charge in [-0.25, -0.2) is 0 Å². The molecule has 0 aromatic carbocycles. The van der Waals surface area contributed by atoms with E-state index in [-0.39, 0.29) is 16.7 Å². The first-order valence-electron chi connectivity index (χ1n) is 10.1. The molecule has 1 saturated heterocycles. The van der Waals surface area contributed by atoms with Gasteiger partial charge in [0, 0.05) is 44.4 Å².